The van der Waals surface area contributed by atoms with Crippen molar-refractivity contribution in [3.63, 3.8) is 0 Å². The highest BCUT2D eigenvalue weighted by atomic mass is 32.2. The Hall–Kier alpha value is -1.66. The highest BCUT2D eigenvalue weighted by Crippen LogP contribution is 2.12. The molecular weight excluding hydrogens is 252 g/mol. The van der Waals surface area contributed by atoms with Crippen molar-refractivity contribution in [1.29, 1.82) is 0 Å². The van der Waals surface area contributed by atoms with Crippen LogP contribution in [0.25, 0.3) is 0 Å². The van der Waals surface area contributed by atoms with Crippen molar-refractivity contribution in [2.75, 3.05) is 0 Å². The fraction of sp³-hybridized carbons (Fsp3) is 0.250. The lowest BCUT2D eigenvalue weighted by Crippen LogP contribution is -2.37. The van der Waals surface area contributed by atoms with E-state index in [-0.39, 0.29) is 10.7 Å². The quantitative estimate of drug-likeness (QED) is 0.800. The molecule has 0 aliphatic heterocycles. The van der Waals surface area contributed by atoms with Gasteiger partial charge >= 0.3 is 0 Å². The lowest BCUT2D eigenvalue weighted by molar-refractivity contribution is -0.115. The molecule has 0 saturated carbocycles. The van der Waals surface area contributed by atoms with Crippen molar-refractivity contribution in [2.24, 2.45) is 0 Å². The molecule has 0 atom stereocenters. The van der Waals surface area contributed by atoms with Crippen LogP contribution in [-0.4, -0.2) is 14.2 Å². The number of nitrogens with one attached hydrogen (secondary N) is 2. The molecule has 6 heteroatoms. The molecule has 1 aromatic rings. The molecule has 5 nitrogen and oxygen atoms in total. The van der Waals surface area contributed by atoms with Crippen LogP contribution in [0.3, 0.4) is 0 Å². The van der Waals surface area contributed by atoms with Gasteiger partial charge in [-0.3, -0.25) is 4.79 Å². The standard InChI is InChI=1S/C12H14N2O3S/c15-11-6-4-5-10(9-11)13-14-18(16,17)12-7-2-1-3-8-12/h1-3,7-9,13-14H,4-6H2. The molecule has 0 amide bonds. The molecule has 0 unspecified atom stereocenters. The summed E-state index contributed by atoms with van der Waals surface area (Å²) >= 11 is 0. The van der Waals surface area contributed by atoms with Gasteiger partial charge in [-0.15, -0.1) is 4.83 Å². The van der Waals surface area contributed by atoms with Crippen molar-refractivity contribution in [3.05, 3.63) is 42.1 Å². The second-order valence-electron chi connectivity index (χ2n) is 4.03. The predicted molar refractivity (Wildman–Crippen MR) is 66.8 cm³/mol. The van der Waals surface area contributed by atoms with Gasteiger partial charge in [-0.05, 0) is 25.0 Å². The minimum atomic E-state index is -3.59. The molecular formula is C12H14N2O3S. The van der Waals surface area contributed by atoms with Crippen molar-refractivity contribution < 1.29 is 13.2 Å². The predicted octanol–water partition coefficient (Wildman–Crippen LogP) is 1.11. The van der Waals surface area contributed by atoms with Gasteiger partial charge in [0.2, 0.25) is 0 Å². The fourth-order valence-electron chi connectivity index (χ4n) is 1.68. The first kappa shape index (κ1) is 12.8. The number of ketones is 1. The fourth-order valence-corrected chi connectivity index (χ4v) is 2.58. The molecule has 0 aromatic heterocycles. The number of sulfonamides is 1. The Balaban J connectivity index is 2.04. The number of allylic oxidation sites excluding steroid dienone is 2. The lowest BCUT2D eigenvalue weighted by atomic mass is 10.0. The minimum Gasteiger partial charge on any atom is -0.312 e. The maximum Gasteiger partial charge on any atom is 0.257 e. The number of benzene rings is 1. The SMILES string of the molecule is O=C1C=C(NNS(=O)(=O)c2ccccc2)CCC1. The van der Waals surface area contributed by atoms with Crippen LogP contribution in [0.15, 0.2) is 47.0 Å². The highest BCUT2D eigenvalue weighted by Gasteiger charge is 2.15. The zero-order chi connectivity index (χ0) is 13.0. The Labute approximate surface area is 106 Å². The number of hydrogen-bond donors (Lipinski definition) is 2. The van der Waals surface area contributed by atoms with E-state index in [1.54, 1.807) is 18.2 Å². The summed E-state index contributed by atoms with van der Waals surface area (Å²) in [5.74, 6) is 0.0164. The van der Waals surface area contributed by atoms with Crippen LogP contribution in [0.4, 0.5) is 0 Å². The third kappa shape index (κ3) is 3.18. The molecule has 18 heavy (non-hydrogen) atoms. The van der Waals surface area contributed by atoms with Gasteiger partial charge in [0.05, 0.1) is 4.90 Å². The summed E-state index contributed by atoms with van der Waals surface area (Å²) in [7, 11) is -3.59. The highest BCUT2D eigenvalue weighted by molar-refractivity contribution is 7.89. The van der Waals surface area contributed by atoms with Gasteiger partial charge in [0.15, 0.2) is 5.78 Å². The van der Waals surface area contributed by atoms with E-state index in [1.165, 1.54) is 18.2 Å². The normalized spacial score (nSPS) is 16.2. The van der Waals surface area contributed by atoms with Crippen LogP contribution < -0.4 is 10.3 Å². The van der Waals surface area contributed by atoms with Crippen molar-refractivity contribution in [1.82, 2.24) is 10.3 Å². The molecule has 0 saturated heterocycles. The van der Waals surface area contributed by atoms with Crippen LogP contribution in [0.1, 0.15) is 19.3 Å². The molecule has 1 aliphatic rings. The molecule has 2 N–H and O–H groups in total. The van der Waals surface area contributed by atoms with E-state index < -0.39 is 10.0 Å². The van der Waals surface area contributed by atoms with Gasteiger partial charge in [0.1, 0.15) is 0 Å². The van der Waals surface area contributed by atoms with Gasteiger partial charge in [-0.2, -0.15) is 0 Å². The molecule has 96 valence electrons. The van der Waals surface area contributed by atoms with E-state index in [0.29, 0.717) is 18.5 Å². The first-order valence-electron chi connectivity index (χ1n) is 5.64. The Kier molecular flexibility index (Phi) is 3.78. The number of carbonyl (C=O) groups excluding carboxylic acids is 1. The summed E-state index contributed by atoms with van der Waals surface area (Å²) in [5, 5.41) is 0. The maximum absolute atomic E-state index is 11.9. The van der Waals surface area contributed by atoms with Crippen LogP contribution in [0.5, 0.6) is 0 Å². The minimum absolute atomic E-state index is 0.0164. The summed E-state index contributed by atoms with van der Waals surface area (Å²) in [5.41, 5.74) is 3.20. The zero-order valence-corrected chi connectivity index (χ0v) is 10.5. The zero-order valence-electron chi connectivity index (χ0n) is 9.72. The maximum atomic E-state index is 11.9. The molecule has 0 heterocycles. The van der Waals surface area contributed by atoms with E-state index in [9.17, 15) is 13.2 Å². The lowest BCUT2D eigenvalue weighted by Gasteiger charge is -2.15. The number of carbonyl (C=O) groups is 1. The number of rotatable bonds is 4. The molecule has 0 fully saturated rings. The van der Waals surface area contributed by atoms with Gasteiger partial charge in [-0.1, -0.05) is 18.2 Å². The number of hydrogen-bond acceptors (Lipinski definition) is 4. The summed E-state index contributed by atoms with van der Waals surface area (Å²) in [6.45, 7) is 0. The summed E-state index contributed by atoms with van der Waals surface area (Å²) in [4.78, 5) is 13.6. The topological polar surface area (TPSA) is 75.3 Å². The smallest absolute Gasteiger partial charge is 0.257 e. The van der Waals surface area contributed by atoms with E-state index >= 15 is 0 Å². The molecule has 2 rings (SSSR count). The molecule has 0 bridgehead atoms. The van der Waals surface area contributed by atoms with Crippen LogP contribution in [0, 0.1) is 0 Å². The van der Waals surface area contributed by atoms with E-state index in [1.807, 2.05) is 0 Å². The van der Waals surface area contributed by atoms with Gasteiger partial charge < -0.3 is 5.43 Å². The summed E-state index contributed by atoms with van der Waals surface area (Å²) in [6.07, 6.45) is 3.38. The first-order chi connectivity index (χ1) is 8.58. The third-order valence-corrected chi connectivity index (χ3v) is 3.87. The second kappa shape index (κ2) is 5.32. The Morgan fingerprint density at radius 3 is 2.44 bits per heavy atom. The Morgan fingerprint density at radius 2 is 1.78 bits per heavy atom. The summed E-state index contributed by atoms with van der Waals surface area (Å²) in [6, 6.07) is 8.06. The largest absolute Gasteiger partial charge is 0.312 e. The van der Waals surface area contributed by atoms with Crippen LogP contribution in [0.2, 0.25) is 0 Å². The van der Waals surface area contributed by atoms with Crippen molar-refractivity contribution in [2.45, 2.75) is 24.2 Å². The van der Waals surface area contributed by atoms with E-state index in [0.717, 1.165) is 6.42 Å². The molecule has 1 aliphatic carbocycles. The van der Waals surface area contributed by atoms with E-state index in [2.05, 4.69) is 10.3 Å². The summed E-state index contributed by atoms with van der Waals surface area (Å²) < 4.78 is 23.7. The third-order valence-electron chi connectivity index (χ3n) is 2.60. The second-order valence-corrected chi connectivity index (χ2v) is 5.72. The van der Waals surface area contributed by atoms with Gasteiger partial charge in [-0.25, -0.2) is 8.42 Å². The Bertz CT molecular complexity index is 564. The van der Waals surface area contributed by atoms with Crippen LogP contribution >= 0.6 is 0 Å². The average molecular weight is 266 g/mol. The van der Waals surface area contributed by atoms with Crippen molar-refractivity contribution >= 4 is 15.8 Å². The Morgan fingerprint density at radius 1 is 1.06 bits per heavy atom. The molecule has 0 radical (unpaired) electrons. The monoisotopic (exact) mass is 266 g/mol. The van der Waals surface area contributed by atoms with E-state index in [4.69, 9.17) is 0 Å². The number of hydrazine groups is 1. The van der Waals surface area contributed by atoms with Crippen LogP contribution in [-0.2, 0) is 14.8 Å². The molecule has 1 aromatic carbocycles. The van der Waals surface area contributed by atoms with Crippen molar-refractivity contribution in [3.8, 4) is 0 Å². The van der Waals surface area contributed by atoms with Gasteiger partial charge in [0, 0.05) is 18.2 Å². The molecule has 0 spiro atoms. The average Bonchev–Trinajstić information content (AvgIpc) is 2.38. The first-order valence-corrected chi connectivity index (χ1v) is 7.12. The van der Waals surface area contributed by atoms with Gasteiger partial charge in [0.25, 0.3) is 10.0 Å².